The first kappa shape index (κ1) is 16.8. The topological polar surface area (TPSA) is 29.3 Å². The lowest BCUT2D eigenvalue weighted by Gasteiger charge is -2.36. The van der Waals surface area contributed by atoms with Crippen LogP contribution in [0.15, 0.2) is 24.3 Å². The van der Waals surface area contributed by atoms with Crippen LogP contribution in [0.4, 0.5) is 0 Å². The Morgan fingerprint density at radius 2 is 1.90 bits per heavy atom. The minimum atomic E-state index is 0.124. The predicted octanol–water partition coefficient (Wildman–Crippen LogP) is 4.63. The zero-order valence-corrected chi connectivity index (χ0v) is 14.1. The second-order valence-electron chi connectivity index (χ2n) is 6.48. The van der Waals surface area contributed by atoms with E-state index in [-0.39, 0.29) is 12.1 Å². The molecule has 2 atom stereocenters. The van der Waals surface area contributed by atoms with Crippen LogP contribution in [0.3, 0.4) is 0 Å². The molecule has 0 aromatic heterocycles. The van der Waals surface area contributed by atoms with Crippen molar-refractivity contribution in [2.45, 2.75) is 57.5 Å². The number of benzene rings is 1. The van der Waals surface area contributed by atoms with Gasteiger partial charge in [0.25, 0.3) is 0 Å². The van der Waals surface area contributed by atoms with E-state index in [0.29, 0.717) is 0 Å². The number of nitrogens with zero attached hydrogens (tertiary/aromatic N) is 1. The lowest BCUT2D eigenvalue weighted by molar-refractivity contribution is 0.161. The molecule has 2 N–H and O–H groups in total. The van der Waals surface area contributed by atoms with Gasteiger partial charge < -0.3 is 5.73 Å². The Morgan fingerprint density at radius 3 is 2.52 bits per heavy atom. The van der Waals surface area contributed by atoms with Crippen LogP contribution in [0.5, 0.6) is 0 Å². The third-order valence-corrected chi connectivity index (χ3v) is 5.19. The van der Waals surface area contributed by atoms with Crippen LogP contribution in [-0.2, 0) is 0 Å². The Morgan fingerprint density at radius 1 is 1.24 bits per heavy atom. The number of hydrogen-bond donors (Lipinski definition) is 1. The maximum Gasteiger partial charge on any atom is 0.0511 e. The quantitative estimate of drug-likeness (QED) is 0.830. The third kappa shape index (κ3) is 4.45. The highest BCUT2D eigenvalue weighted by molar-refractivity contribution is 6.31. The maximum atomic E-state index is 6.42. The van der Waals surface area contributed by atoms with E-state index in [9.17, 15) is 0 Å². The molecule has 2 rings (SSSR count). The zero-order chi connectivity index (χ0) is 15.2. The molecule has 2 unspecified atom stereocenters. The molecule has 0 spiro atoms. The van der Waals surface area contributed by atoms with E-state index >= 15 is 0 Å². The number of halogens is 1. The number of hydrogen-bond acceptors (Lipinski definition) is 2. The molecular weight excluding hydrogens is 280 g/mol. The van der Waals surface area contributed by atoms with Gasteiger partial charge in [0.05, 0.1) is 6.04 Å². The first-order valence-electron chi connectivity index (χ1n) is 8.33. The van der Waals surface area contributed by atoms with Crippen molar-refractivity contribution in [2.24, 2.45) is 11.7 Å². The molecule has 118 valence electrons. The smallest absolute Gasteiger partial charge is 0.0511 e. The molecule has 1 saturated carbocycles. The molecule has 21 heavy (non-hydrogen) atoms. The largest absolute Gasteiger partial charge is 0.326 e. The molecular formula is C18H29ClN2. The van der Waals surface area contributed by atoms with Gasteiger partial charge in [0, 0.05) is 17.6 Å². The van der Waals surface area contributed by atoms with E-state index in [0.717, 1.165) is 23.9 Å². The molecule has 0 bridgehead atoms. The number of likely N-dealkylation sites (N-methyl/N-ethyl adjacent to an activating group) is 1. The zero-order valence-electron chi connectivity index (χ0n) is 13.4. The van der Waals surface area contributed by atoms with E-state index in [2.05, 4.69) is 31.0 Å². The van der Waals surface area contributed by atoms with Crippen LogP contribution < -0.4 is 5.73 Å². The van der Waals surface area contributed by atoms with Gasteiger partial charge >= 0.3 is 0 Å². The summed E-state index contributed by atoms with van der Waals surface area (Å²) in [7, 11) is 2.21. The van der Waals surface area contributed by atoms with Crippen LogP contribution in [0.25, 0.3) is 0 Å². The van der Waals surface area contributed by atoms with E-state index in [1.165, 1.54) is 37.7 Å². The van der Waals surface area contributed by atoms with Crippen molar-refractivity contribution in [3.63, 3.8) is 0 Å². The standard InChI is InChI=1S/C18H29ClN2/c1-3-17(20)18(15-11-7-8-12-16(15)19)21(2)13-14-9-5-4-6-10-14/h7-8,11-12,14,17-18H,3-6,9-10,13,20H2,1-2H3. The van der Waals surface area contributed by atoms with E-state index in [1.54, 1.807) is 0 Å². The summed E-state index contributed by atoms with van der Waals surface area (Å²) >= 11 is 6.42. The Hall–Kier alpha value is -0.570. The van der Waals surface area contributed by atoms with E-state index in [4.69, 9.17) is 17.3 Å². The maximum absolute atomic E-state index is 6.42. The number of rotatable bonds is 6. The SMILES string of the molecule is CCC(N)C(c1ccccc1Cl)N(C)CC1CCCCC1. The lowest BCUT2D eigenvalue weighted by Crippen LogP contribution is -2.41. The van der Waals surface area contributed by atoms with E-state index < -0.39 is 0 Å². The van der Waals surface area contributed by atoms with Gasteiger partial charge in [-0.2, -0.15) is 0 Å². The van der Waals surface area contributed by atoms with Crippen LogP contribution in [0.1, 0.15) is 57.1 Å². The van der Waals surface area contributed by atoms with Gasteiger partial charge in [-0.1, -0.05) is 56.0 Å². The van der Waals surface area contributed by atoms with Crippen molar-refractivity contribution in [3.8, 4) is 0 Å². The monoisotopic (exact) mass is 308 g/mol. The molecule has 1 fully saturated rings. The van der Waals surface area contributed by atoms with Gasteiger partial charge in [-0.25, -0.2) is 0 Å². The number of nitrogens with two attached hydrogens (primary N) is 1. The molecule has 0 radical (unpaired) electrons. The van der Waals surface area contributed by atoms with E-state index in [1.807, 2.05) is 12.1 Å². The molecule has 1 aromatic rings. The average Bonchev–Trinajstić information content (AvgIpc) is 2.50. The summed E-state index contributed by atoms with van der Waals surface area (Å²) in [6.07, 6.45) is 7.86. The minimum Gasteiger partial charge on any atom is -0.326 e. The molecule has 0 amide bonds. The van der Waals surface area contributed by atoms with Crippen LogP contribution >= 0.6 is 11.6 Å². The van der Waals surface area contributed by atoms with Gasteiger partial charge in [-0.3, -0.25) is 4.90 Å². The van der Waals surface area contributed by atoms with Gasteiger partial charge in [0.15, 0.2) is 0 Å². The first-order chi connectivity index (χ1) is 10.1. The van der Waals surface area contributed by atoms with Crippen molar-refractivity contribution < 1.29 is 0 Å². The lowest BCUT2D eigenvalue weighted by atomic mass is 9.87. The second kappa shape index (κ2) is 8.17. The van der Waals surface area contributed by atoms with Crippen molar-refractivity contribution in [1.29, 1.82) is 0 Å². The molecule has 1 aliphatic rings. The van der Waals surface area contributed by atoms with Crippen molar-refractivity contribution in [3.05, 3.63) is 34.9 Å². The fourth-order valence-corrected chi connectivity index (χ4v) is 3.87. The summed E-state index contributed by atoms with van der Waals surface area (Å²) < 4.78 is 0. The minimum absolute atomic E-state index is 0.124. The molecule has 3 heteroatoms. The molecule has 0 heterocycles. The molecule has 1 aliphatic carbocycles. The normalized spacial score (nSPS) is 19.7. The molecule has 2 nitrogen and oxygen atoms in total. The van der Waals surface area contributed by atoms with Gasteiger partial charge in [-0.15, -0.1) is 0 Å². The first-order valence-corrected chi connectivity index (χ1v) is 8.71. The molecule has 0 aliphatic heterocycles. The summed E-state index contributed by atoms with van der Waals surface area (Å²) in [6.45, 7) is 3.28. The summed E-state index contributed by atoms with van der Waals surface area (Å²) in [6, 6.07) is 8.48. The second-order valence-corrected chi connectivity index (χ2v) is 6.89. The Balaban J connectivity index is 2.13. The highest BCUT2D eigenvalue weighted by Crippen LogP contribution is 2.32. The Labute approximate surface area is 134 Å². The molecule has 1 aromatic carbocycles. The predicted molar refractivity (Wildman–Crippen MR) is 91.7 cm³/mol. The summed E-state index contributed by atoms with van der Waals surface area (Å²) in [4.78, 5) is 2.44. The Kier molecular flexibility index (Phi) is 6.53. The van der Waals surface area contributed by atoms with Gasteiger partial charge in [-0.05, 0) is 43.9 Å². The third-order valence-electron chi connectivity index (χ3n) is 4.85. The fourth-order valence-electron chi connectivity index (χ4n) is 3.62. The van der Waals surface area contributed by atoms with Crippen molar-refractivity contribution in [1.82, 2.24) is 4.90 Å². The molecule has 0 saturated heterocycles. The fraction of sp³-hybridized carbons (Fsp3) is 0.667. The van der Waals surface area contributed by atoms with Crippen molar-refractivity contribution in [2.75, 3.05) is 13.6 Å². The van der Waals surface area contributed by atoms with Crippen LogP contribution in [-0.4, -0.2) is 24.5 Å². The van der Waals surface area contributed by atoms with Gasteiger partial charge in [0.1, 0.15) is 0 Å². The highest BCUT2D eigenvalue weighted by Gasteiger charge is 2.27. The highest BCUT2D eigenvalue weighted by atomic mass is 35.5. The van der Waals surface area contributed by atoms with Crippen molar-refractivity contribution >= 4 is 11.6 Å². The summed E-state index contributed by atoms with van der Waals surface area (Å²) in [5.41, 5.74) is 7.60. The van der Waals surface area contributed by atoms with Crippen LogP contribution in [0.2, 0.25) is 5.02 Å². The van der Waals surface area contributed by atoms with Gasteiger partial charge in [0.2, 0.25) is 0 Å². The summed E-state index contributed by atoms with van der Waals surface area (Å²) in [5, 5.41) is 0.835. The summed E-state index contributed by atoms with van der Waals surface area (Å²) in [5.74, 6) is 0.817. The Bertz CT molecular complexity index is 429. The van der Waals surface area contributed by atoms with Crippen LogP contribution in [0, 0.1) is 5.92 Å². The average molecular weight is 309 g/mol.